The summed E-state index contributed by atoms with van der Waals surface area (Å²) in [6.07, 6.45) is 3.78. The predicted molar refractivity (Wildman–Crippen MR) is 81.4 cm³/mol. The van der Waals surface area contributed by atoms with Crippen LogP contribution in [0, 0.1) is 13.8 Å². The van der Waals surface area contributed by atoms with Gasteiger partial charge >= 0.3 is 0 Å². The third kappa shape index (κ3) is 2.70. The third-order valence-corrected chi connectivity index (χ3v) is 4.33. The first-order chi connectivity index (χ1) is 9.97. The van der Waals surface area contributed by atoms with Crippen molar-refractivity contribution >= 4 is 17.5 Å². The first kappa shape index (κ1) is 14.2. The number of rotatable bonds is 4. The van der Waals surface area contributed by atoms with Gasteiger partial charge in [0, 0.05) is 37.1 Å². The first-order valence-electron chi connectivity index (χ1n) is 7.11. The number of hydrogen-bond acceptors (Lipinski definition) is 2. The molecule has 1 N–H and O–H groups in total. The lowest BCUT2D eigenvalue weighted by atomic mass is 10.1. The highest BCUT2D eigenvalue weighted by Crippen LogP contribution is 2.31. The molecule has 3 rings (SSSR count). The van der Waals surface area contributed by atoms with Crippen LogP contribution in [-0.2, 0) is 13.6 Å². The summed E-state index contributed by atoms with van der Waals surface area (Å²) in [5, 5.41) is 4.99. The molecule has 1 saturated carbocycles. The number of carbonyl (C=O) groups excluding carboxylic acids is 1. The van der Waals surface area contributed by atoms with E-state index in [1.807, 2.05) is 30.5 Å². The molecule has 1 amide bonds. The number of nitrogens with one attached hydrogen (secondary N) is 1. The Hall–Kier alpha value is -1.75. The van der Waals surface area contributed by atoms with Crippen molar-refractivity contribution in [3.63, 3.8) is 0 Å². The van der Waals surface area contributed by atoms with Gasteiger partial charge in [-0.15, -0.1) is 0 Å². The molecule has 2 aromatic heterocycles. The van der Waals surface area contributed by atoms with Gasteiger partial charge in [-0.2, -0.15) is 5.10 Å². The Bertz CT molecular complexity index is 684. The van der Waals surface area contributed by atoms with Gasteiger partial charge < -0.3 is 9.88 Å². The summed E-state index contributed by atoms with van der Waals surface area (Å²) in [6.45, 7) is 4.63. The Balaban J connectivity index is 1.87. The summed E-state index contributed by atoms with van der Waals surface area (Å²) in [7, 11) is 1.93. The van der Waals surface area contributed by atoms with Crippen molar-refractivity contribution in [1.82, 2.24) is 19.7 Å². The number of aryl methyl sites for hydroxylation is 2. The Kier molecular flexibility index (Phi) is 3.53. The second-order valence-corrected chi connectivity index (χ2v) is 6.11. The molecule has 0 bridgehead atoms. The summed E-state index contributed by atoms with van der Waals surface area (Å²) >= 11 is 5.90. The molecule has 0 saturated heterocycles. The van der Waals surface area contributed by atoms with Crippen LogP contribution in [0.4, 0.5) is 0 Å². The van der Waals surface area contributed by atoms with Gasteiger partial charge in [-0.3, -0.25) is 9.48 Å². The molecule has 1 aliphatic rings. The molecule has 1 fully saturated rings. The Morgan fingerprint density at radius 1 is 1.52 bits per heavy atom. The van der Waals surface area contributed by atoms with Gasteiger partial charge in [0.2, 0.25) is 0 Å². The molecule has 21 heavy (non-hydrogen) atoms. The summed E-state index contributed by atoms with van der Waals surface area (Å²) in [6, 6.07) is 2.01. The predicted octanol–water partition coefficient (Wildman–Crippen LogP) is 2.82. The van der Waals surface area contributed by atoms with Crippen LogP contribution in [0.3, 0.4) is 0 Å². The standard InChI is InChI=1S/C15H19ClN4O/c1-9-13(10(2)19(3)18-9)8-20(12-4-5-12)15(21)14-6-11(16)7-17-14/h6-7,12,17H,4-5,8H2,1-3H3. The lowest BCUT2D eigenvalue weighted by Crippen LogP contribution is -2.33. The van der Waals surface area contributed by atoms with Crippen molar-refractivity contribution < 1.29 is 4.79 Å². The van der Waals surface area contributed by atoms with Gasteiger partial charge in [0.25, 0.3) is 5.91 Å². The van der Waals surface area contributed by atoms with Gasteiger partial charge in [-0.25, -0.2) is 0 Å². The fourth-order valence-corrected chi connectivity index (χ4v) is 2.78. The Morgan fingerprint density at radius 3 is 2.71 bits per heavy atom. The number of nitrogens with zero attached hydrogens (tertiary/aromatic N) is 3. The van der Waals surface area contributed by atoms with Crippen molar-refractivity contribution in [3.05, 3.63) is 39.9 Å². The molecule has 2 aromatic rings. The van der Waals surface area contributed by atoms with Crippen LogP contribution < -0.4 is 0 Å². The number of carbonyl (C=O) groups is 1. The average molecular weight is 307 g/mol. The van der Waals surface area contributed by atoms with Crippen LogP contribution in [0.25, 0.3) is 0 Å². The molecule has 0 radical (unpaired) electrons. The number of aromatic nitrogens is 3. The average Bonchev–Trinajstić information content (AvgIpc) is 3.14. The van der Waals surface area contributed by atoms with Crippen molar-refractivity contribution in [2.24, 2.45) is 7.05 Å². The number of aromatic amines is 1. The fourth-order valence-electron chi connectivity index (χ4n) is 2.62. The SMILES string of the molecule is Cc1nn(C)c(C)c1CN(C(=O)c1cc(Cl)c[nH]1)C1CC1. The van der Waals surface area contributed by atoms with E-state index in [1.165, 1.54) is 0 Å². The van der Waals surface area contributed by atoms with E-state index in [0.29, 0.717) is 23.3 Å². The van der Waals surface area contributed by atoms with Gasteiger partial charge in [-0.1, -0.05) is 11.6 Å². The Morgan fingerprint density at radius 2 is 2.24 bits per heavy atom. The highest BCUT2D eigenvalue weighted by atomic mass is 35.5. The van der Waals surface area contributed by atoms with E-state index in [0.717, 1.165) is 29.8 Å². The molecule has 112 valence electrons. The maximum atomic E-state index is 12.7. The third-order valence-electron chi connectivity index (χ3n) is 4.11. The van der Waals surface area contributed by atoms with Gasteiger partial charge in [0.1, 0.15) is 5.69 Å². The smallest absolute Gasteiger partial charge is 0.270 e. The van der Waals surface area contributed by atoms with E-state index in [1.54, 1.807) is 12.3 Å². The summed E-state index contributed by atoms with van der Waals surface area (Å²) < 4.78 is 1.87. The van der Waals surface area contributed by atoms with E-state index in [4.69, 9.17) is 11.6 Å². The molecule has 0 aliphatic heterocycles. The summed E-state index contributed by atoms with van der Waals surface area (Å²) in [5.41, 5.74) is 3.77. The molecular formula is C15H19ClN4O. The summed E-state index contributed by atoms with van der Waals surface area (Å²) in [4.78, 5) is 17.6. The Labute approximate surface area is 128 Å². The van der Waals surface area contributed by atoms with Crippen molar-refractivity contribution in [3.8, 4) is 0 Å². The quantitative estimate of drug-likeness (QED) is 0.944. The maximum absolute atomic E-state index is 12.7. The fraction of sp³-hybridized carbons (Fsp3) is 0.467. The molecule has 1 aliphatic carbocycles. The van der Waals surface area contributed by atoms with E-state index < -0.39 is 0 Å². The minimum Gasteiger partial charge on any atom is -0.356 e. The van der Waals surface area contributed by atoms with Crippen LogP contribution in [-0.4, -0.2) is 31.6 Å². The number of amides is 1. The highest BCUT2D eigenvalue weighted by molar-refractivity contribution is 6.30. The molecule has 0 unspecified atom stereocenters. The van der Waals surface area contributed by atoms with Gasteiger partial charge in [-0.05, 0) is 32.8 Å². The van der Waals surface area contributed by atoms with Crippen LogP contribution in [0.15, 0.2) is 12.3 Å². The number of H-pyrrole nitrogens is 1. The lowest BCUT2D eigenvalue weighted by molar-refractivity contribution is 0.0724. The zero-order valence-electron chi connectivity index (χ0n) is 12.5. The van der Waals surface area contributed by atoms with Gasteiger partial charge in [0.05, 0.1) is 10.7 Å². The normalized spacial score (nSPS) is 14.5. The molecule has 0 atom stereocenters. The van der Waals surface area contributed by atoms with Crippen molar-refractivity contribution in [2.75, 3.05) is 0 Å². The first-order valence-corrected chi connectivity index (χ1v) is 7.49. The van der Waals surface area contributed by atoms with E-state index in [2.05, 4.69) is 10.1 Å². The van der Waals surface area contributed by atoms with Crippen LogP contribution in [0.2, 0.25) is 5.02 Å². The minimum absolute atomic E-state index is 0.00653. The van der Waals surface area contributed by atoms with Crippen LogP contribution in [0.5, 0.6) is 0 Å². The second-order valence-electron chi connectivity index (χ2n) is 5.67. The number of halogens is 1. The second kappa shape index (κ2) is 5.22. The van der Waals surface area contributed by atoms with E-state index in [9.17, 15) is 4.79 Å². The molecular weight excluding hydrogens is 288 g/mol. The van der Waals surface area contributed by atoms with Gasteiger partial charge in [0.15, 0.2) is 0 Å². The number of hydrogen-bond donors (Lipinski definition) is 1. The van der Waals surface area contributed by atoms with E-state index in [-0.39, 0.29) is 5.91 Å². The molecule has 0 spiro atoms. The molecule has 0 aromatic carbocycles. The zero-order chi connectivity index (χ0) is 15.1. The van der Waals surface area contributed by atoms with Crippen LogP contribution >= 0.6 is 11.6 Å². The van der Waals surface area contributed by atoms with Crippen molar-refractivity contribution in [1.29, 1.82) is 0 Å². The molecule has 5 nitrogen and oxygen atoms in total. The highest BCUT2D eigenvalue weighted by Gasteiger charge is 2.34. The largest absolute Gasteiger partial charge is 0.356 e. The molecule has 2 heterocycles. The van der Waals surface area contributed by atoms with E-state index >= 15 is 0 Å². The lowest BCUT2D eigenvalue weighted by Gasteiger charge is -2.22. The van der Waals surface area contributed by atoms with Crippen molar-refractivity contribution in [2.45, 2.75) is 39.3 Å². The topological polar surface area (TPSA) is 53.9 Å². The monoisotopic (exact) mass is 306 g/mol. The minimum atomic E-state index is 0.00653. The maximum Gasteiger partial charge on any atom is 0.270 e. The summed E-state index contributed by atoms with van der Waals surface area (Å²) in [5.74, 6) is 0.00653. The van der Waals surface area contributed by atoms with Crippen LogP contribution in [0.1, 0.15) is 40.3 Å². The zero-order valence-corrected chi connectivity index (χ0v) is 13.2. The molecule has 6 heteroatoms.